The Morgan fingerprint density at radius 2 is 2.08 bits per heavy atom. The maximum atomic E-state index is 11.8. The Morgan fingerprint density at radius 1 is 1.28 bits per heavy atom. The van der Waals surface area contributed by atoms with Crippen molar-refractivity contribution in [3.8, 4) is 0 Å². The normalized spacial score (nSPS) is 43.4. The van der Waals surface area contributed by atoms with Gasteiger partial charge in [0.15, 0.2) is 5.78 Å². The summed E-state index contributed by atoms with van der Waals surface area (Å²) in [5.41, 5.74) is 2.78. The number of ketones is 1. The van der Waals surface area contributed by atoms with Gasteiger partial charge in [-0.2, -0.15) is 0 Å². The second-order valence-corrected chi connectivity index (χ2v) is 8.89. The van der Waals surface area contributed by atoms with Crippen LogP contribution in [0, 0.1) is 35.0 Å². The molecule has 0 aromatic carbocycles. The molecule has 4 aliphatic carbocycles. The molecule has 0 aliphatic heterocycles. The fourth-order valence-corrected chi connectivity index (χ4v) is 6.71. The summed E-state index contributed by atoms with van der Waals surface area (Å²) < 4.78 is 0. The zero-order valence-electron chi connectivity index (χ0n) is 15.0. The lowest BCUT2D eigenvalue weighted by atomic mass is 9.51. The van der Waals surface area contributed by atoms with E-state index in [1.807, 2.05) is 12.2 Å². The molecule has 25 heavy (non-hydrogen) atoms. The Bertz CT molecular complexity index is 685. The first-order valence-corrected chi connectivity index (χ1v) is 9.72. The third kappa shape index (κ3) is 2.63. The van der Waals surface area contributed by atoms with Crippen LogP contribution in [-0.2, 0) is 9.59 Å². The highest BCUT2D eigenvalue weighted by molar-refractivity contribution is 5.91. The van der Waals surface area contributed by atoms with Crippen LogP contribution in [0.15, 0.2) is 36.0 Å². The smallest absolute Gasteiger partial charge is 0.327 e. The highest BCUT2D eigenvalue weighted by atomic mass is 16.4. The van der Waals surface area contributed by atoms with Crippen LogP contribution in [-0.4, -0.2) is 16.9 Å². The molecule has 0 unspecified atom stereocenters. The minimum absolute atomic E-state index is 0.149. The van der Waals surface area contributed by atoms with Gasteiger partial charge in [-0.3, -0.25) is 4.79 Å². The van der Waals surface area contributed by atoms with E-state index < -0.39 is 5.97 Å². The first-order valence-electron chi connectivity index (χ1n) is 9.72. The molecule has 0 heterocycles. The number of rotatable bonds is 2. The average molecular weight is 340 g/mol. The van der Waals surface area contributed by atoms with Crippen molar-refractivity contribution in [1.29, 1.82) is 0 Å². The fraction of sp³-hybridized carbons (Fsp3) is 0.636. The number of aliphatic carboxylic acids is 1. The number of fused-ring (bicyclic) bond motifs is 5. The Hall–Kier alpha value is -1.64. The molecule has 1 N–H and O–H groups in total. The highest BCUT2D eigenvalue weighted by Crippen LogP contribution is 2.64. The van der Waals surface area contributed by atoms with Crippen molar-refractivity contribution >= 4 is 11.8 Å². The van der Waals surface area contributed by atoms with Crippen LogP contribution < -0.4 is 0 Å². The number of allylic oxidation sites excluding steroid dienone is 3. The summed E-state index contributed by atoms with van der Waals surface area (Å²) in [7, 11) is 0. The summed E-state index contributed by atoms with van der Waals surface area (Å²) in [6.45, 7) is 6.67. The molecule has 4 aliphatic rings. The monoisotopic (exact) mass is 340 g/mol. The van der Waals surface area contributed by atoms with Crippen molar-refractivity contribution in [2.45, 2.75) is 51.9 Å². The van der Waals surface area contributed by atoms with Crippen LogP contribution >= 0.6 is 0 Å². The maximum absolute atomic E-state index is 11.8. The Kier molecular flexibility index (Phi) is 4.01. The predicted octanol–water partition coefficient (Wildman–Crippen LogP) is 4.55. The molecule has 134 valence electrons. The van der Waals surface area contributed by atoms with E-state index in [1.165, 1.54) is 30.1 Å². The summed E-state index contributed by atoms with van der Waals surface area (Å²) in [5, 5.41) is 9.03. The molecular formula is C22H28O3. The summed E-state index contributed by atoms with van der Waals surface area (Å²) in [6, 6.07) is 0. The molecule has 0 aromatic rings. The molecule has 3 heteroatoms. The van der Waals surface area contributed by atoms with Crippen LogP contribution in [0.2, 0.25) is 0 Å². The van der Waals surface area contributed by atoms with Gasteiger partial charge in [0.2, 0.25) is 0 Å². The Morgan fingerprint density at radius 3 is 2.84 bits per heavy atom. The van der Waals surface area contributed by atoms with Crippen LogP contribution in [0.25, 0.3) is 0 Å². The SMILES string of the molecule is C=C1C[C@H]2[C@@H]3CCC4=CC(=O)CC[C@@H]4[C@H]3CC[C@]2(C)[C@@H]1/C=C\C(=O)O. The van der Waals surface area contributed by atoms with E-state index in [0.717, 1.165) is 32.1 Å². The molecule has 3 nitrogen and oxygen atoms in total. The number of carbonyl (C=O) groups is 2. The first kappa shape index (κ1) is 16.8. The standard InChI is InChI=1S/C22H28O3/c1-13-11-20-18-5-3-14-12-15(23)4-6-16(14)17(18)9-10-22(20,2)19(13)7-8-21(24)25/h7-8,12,16-20H,1,3-6,9-11H2,2H3,(H,24,25)/b8-7-/t16-,17+,18+,19+,20-,22+/m0/s1. The number of carbonyl (C=O) groups excluding carboxylic acids is 1. The lowest BCUT2D eigenvalue weighted by molar-refractivity contribution is -0.131. The van der Waals surface area contributed by atoms with Crippen molar-refractivity contribution in [1.82, 2.24) is 0 Å². The van der Waals surface area contributed by atoms with Crippen LogP contribution in [0.5, 0.6) is 0 Å². The summed E-state index contributed by atoms with van der Waals surface area (Å²) in [5.74, 6) is 2.28. The molecule has 0 amide bonds. The first-order chi connectivity index (χ1) is 11.9. The summed E-state index contributed by atoms with van der Waals surface area (Å²) >= 11 is 0. The van der Waals surface area contributed by atoms with Crippen molar-refractivity contribution in [3.05, 3.63) is 36.0 Å². The second-order valence-electron chi connectivity index (χ2n) is 8.89. The van der Waals surface area contributed by atoms with E-state index in [0.29, 0.717) is 29.5 Å². The number of hydrogen-bond donors (Lipinski definition) is 1. The zero-order valence-corrected chi connectivity index (χ0v) is 15.0. The minimum Gasteiger partial charge on any atom is -0.478 e. The highest BCUT2D eigenvalue weighted by Gasteiger charge is 2.56. The lowest BCUT2D eigenvalue weighted by Crippen LogP contribution is -2.46. The van der Waals surface area contributed by atoms with Crippen LogP contribution in [0.3, 0.4) is 0 Å². The van der Waals surface area contributed by atoms with Gasteiger partial charge in [-0.25, -0.2) is 4.79 Å². The molecule has 0 aromatic heterocycles. The predicted molar refractivity (Wildman–Crippen MR) is 96.9 cm³/mol. The van der Waals surface area contributed by atoms with Gasteiger partial charge in [0.05, 0.1) is 0 Å². The van der Waals surface area contributed by atoms with E-state index in [4.69, 9.17) is 5.11 Å². The fourth-order valence-electron chi connectivity index (χ4n) is 6.71. The number of carboxylic acid groups (broad SMARTS) is 1. The molecule has 3 fully saturated rings. The van der Waals surface area contributed by atoms with Gasteiger partial charge in [-0.05, 0) is 73.7 Å². The summed E-state index contributed by atoms with van der Waals surface area (Å²) in [6.07, 6.45) is 12.6. The number of hydrogen-bond acceptors (Lipinski definition) is 2. The molecule has 3 saturated carbocycles. The van der Waals surface area contributed by atoms with Gasteiger partial charge in [0, 0.05) is 18.4 Å². The summed E-state index contributed by atoms with van der Waals surface area (Å²) in [4.78, 5) is 22.8. The topological polar surface area (TPSA) is 54.4 Å². The van der Waals surface area contributed by atoms with Gasteiger partial charge in [0.1, 0.15) is 0 Å². The molecule has 4 rings (SSSR count). The Labute approximate surface area is 149 Å². The quantitative estimate of drug-likeness (QED) is 0.592. The maximum Gasteiger partial charge on any atom is 0.327 e. The zero-order chi connectivity index (χ0) is 17.8. The van der Waals surface area contributed by atoms with E-state index in [9.17, 15) is 9.59 Å². The molecule has 0 spiro atoms. The molecule has 6 atom stereocenters. The van der Waals surface area contributed by atoms with Gasteiger partial charge in [-0.15, -0.1) is 0 Å². The van der Waals surface area contributed by atoms with E-state index in [2.05, 4.69) is 13.5 Å². The van der Waals surface area contributed by atoms with Gasteiger partial charge >= 0.3 is 5.97 Å². The third-order valence-corrected chi connectivity index (χ3v) is 7.80. The molecule has 0 saturated heterocycles. The number of carboxylic acids is 1. The van der Waals surface area contributed by atoms with Gasteiger partial charge in [0.25, 0.3) is 0 Å². The average Bonchev–Trinajstić information content (AvgIpc) is 2.82. The second kappa shape index (κ2) is 5.96. The van der Waals surface area contributed by atoms with Crippen molar-refractivity contribution in [2.24, 2.45) is 35.0 Å². The van der Waals surface area contributed by atoms with Crippen molar-refractivity contribution in [2.75, 3.05) is 0 Å². The minimum atomic E-state index is -0.868. The lowest BCUT2D eigenvalue weighted by Gasteiger charge is -2.53. The molecule has 0 radical (unpaired) electrons. The third-order valence-electron chi connectivity index (χ3n) is 7.80. The van der Waals surface area contributed by atoms with E-state index in [1.54, 1.807) is 0 Å². The van der Waals surface area contributed by atoms with Crippen molar-refractivity contribution in [3.63, 3.8) is 0 Å². The van der Waals surface area contributed by atoms with Crippen LogP contribution in [0.1, 0.15) is 51.9 Å². The van der Waals surface area contributed by atoms with E-state index >= 15 is 0 Å². The molecule has 0 bridgehead atoms. The van der Waals surface area contributed by atoms with Gasteiger partial charge < -0.3 is 5.11 Å². The Balaban J connectivity index is 1.61. The largest absolute Gasteiger partial charge is 0.478 e. The van der Waals surface area contributed by atoms with E-state index in [-0.39, 0.29) is 11.3 Å². The van der Waals surface area contributed by atoms with Crippen LogP contribution in [0.4, 0.5) is 0 Å². The van der Waals surface area contributed by atoms with Crippen molar-refractivity contribution < 1.29 is 14.7 Å². The van der Waals surface area contributed by atoms with Gasteiger partial charge in [-0.1, -0.05) is 30.7 Å². The molecular weight excluding hydrogens is 312 g/mol.